The number of hydrogen-bond acceptors (Lipinski definition) is 3. The standard InChI is InChI=1S/C11H9F3N2O2S/c1-19(17,18)10-4-3-8(16-6-2-5-15-16)7-9(10)11(12,13)14/h2-7H,1H3. The van der Waals surface area contributed by atoms with E-state index in [1.807, 2.05) is 0 Å². The number of hydrogen-bond donors (Lipinski definition) is 0. The van der Waals surface area contributed by atoms with Crippen LogP contribution in [0.15, 0.2) is 41.6 Å². The summed E-state index contributed by atoms with van der Waals surface area (Å²) in [5, 5.41) is 3.80. The van der Waals surface area contributed by atoms with E-state index in [1.165, 1.54) is 23.1 Å². The number of aromatic nitrogens is 2. The molecule has 0 amide bonds. The van der Waals surface area contributed by atoms with Crippen molar-refractivity contribution >= 4 is 9.84 Å². The summed E-state index contributed by atoms with van der Waals surface area (Å²) in [6, 6.07) is 4.54. The summed E-state index contributed by atoms with van der Waals surface area (Å²) in [5.41, 5.74) is -1.05. The van der Waals surface area contributed by atoms with Crippen molar-refractivity contribution in [1.82, 2.24) is 9.78 Å². The molecule has 0 aliphatic heterocycles. The molecule has 0 radical (unpaired) electrons. The van der Waals surface area contributed by atoms with E-state index in [0.29, 0.717) is 0 Å². The smallest absolute Gasteiger partial charge is 0.241 e. The van der Waals surface area contributed by atoms with Crippen LogP contribution in [0.2, 0.25) is 0 Å². The third kappa shape index (κ3) is 2.78. The van der Waals surface area contributed by atoms with Crippen molar-refractivity contribution in [3.63, 3.8) is 0 Å². The molecule has 2 aromatic rings. The first-order valence-electron chi connectivity index (χ1n) is 5.11. The van der Waals surface area contributed by atoms with Crippen molar-refractivity contribution in [1.29, 1.82) is 0 Å². The van der Waals surface area contributed by atoms with Gasteiger partial charge >= 0.3 is 6.18 Å². The van der Waals surface area contributed by atoms with E-state index in [9.17, 15) is 21.6 Å². The lowest BCUT2D eigenvalue weighted by atomic mass is 10.2. The van der Waals surface area contributed by atoms with Crippen molar-refractivity contribution in [2.45, 2.75) is 11.1 Å². The zero-order chi connectivity index (χ0) is 14.3. The van der Waals surface area contributed by atoms with E-state index >= 15 is 0 Å². The molecule has 1 aromatic heterocycles. The molecule has 19 heavy (non-hydrogen) atoms. The highest BCUT2D eigenvalue weighted by molar-refractivity contribution is 7.90. The molecule has 0 N–H and O–H groups in total. The van der Waals surface area contributed by atoms with Gasteiger partial charge in [-0.1, -0.05) is 0 Å². The third-order valence-electron chi connectivity index (χ3n) is 2.44. The molecule has 0 spiro atoms. The number of nitrogens with zero attached hydrogens (tertiary/aromatic N) is 2. The largest absolute Gasteiger partial charge is 0.417 e. The number of benzene rings is 1. The molecule has 4 nitrogen and oxygen atoms in total. The summed E-state index contributed by atoms with van der Waals surface area (Å²) >= 11 is 0. The predicted octanol–water partition coefficient (Wildman–Crippen LogP) is 2.29. The van der Waals surface area contributed by atoms with Crippen molar-refractivity contribution < 1.29 is 21.6 Å². The van der Waals surface area contributed by atoms with E-state index in [0.717, 1.165) is 18.4 Å². The van der Waals surface area contributed by atoms with E-state index in [2.05, 4.69) is 5.10 Å². The molecule has 0 aliphatic rings. The molecular weight excluding hydrogens is 281 g/mol. The van der Waals surface area contributed by atoms with Gasteiger partial charge in [-0.05, 0) is 24.3 Å². The Bertz CT molecular complexity index is 691. The Morgan fingerprint density at radius 2 is 1.95 bits per heavy atom. The van der Waals surface area contributed by atoms with Crippen LogP contribution in [0.1, 0.15) is 5.56 Å². The average molecular weight is 290 g/mol. The number of sulfone groups is 1. The van der Waals surface area contributed by atoms with Gasteiger partial charge in [0.05, 0.1) is 16.1 Å². The van der Waals surface area contributed by atoms with Crippen LogP contribution >= 0.6 is 0 Å². The molecular formula is C11H9F3N2O2S. The molecule has 8 heteroatoms. The minimum absolute atomic E-state index is 0.143. The first-order valence-corrected chi connectivity index (χ1v) is 7.00. The maximum absolute atomic E-state index is 12.9. The number of halogens is 3. The molecule has 102 valence electrons. The van der Waals surface area contributed by atoms with Gasteiger partial charge in [-0.2, -0.15) is 18.3 Å². The van der Waals surface area contributed by atoms with Crippen LogP contribution in [0.5, 0.6) is 0 Å². The molecule has 1 aromatic carbocycles. The first kappa shape index (κ1) is 13.6. The molecule has 0 saturated carbocycles. The Labute approximate surface area is 107 Å². The highest BCUT2D eigenvalue weighted by atomic mass is 32.2. The van der Waals surface area contributed by atoms with Crippen molar-refractivity contribution in [3.8, 4) is 5.69 Å². The second-order valence-corrected chi connectivity index (χ2v) is 5.89. The third-order valence-corrected chi connectivity index (χ3v) is 3.59. The maximum Gasteiger partial charge on any atom is 0.417 e. The first-order chi connectivity index (χ1) is 8.69. The summed E-state index contributed by atoms with van der Waals surface area (Å²) in [5.74, 6) is 0. The monoisotopic (exact) mass is 290 g/mol. The molecule has 0 saturated heterocycles. The average Bonchev–Trinajstić information content (AvgIpc) is 2.79. The van der Waals surface area contributed by atoms with Gasteiger partial charge in [-0.15, -0.1) is 0 Å². The topological polar surface area (TPSA) is 52.0 Å². The molecule has 0 atom stereocenters. The van der Waals surface area contributed by atoms with Crippen molar-refractivity contribution in [2.24, 2.45) is 0 Å². The zero-order valence-corrected chi connectivity index (χ0v) is 10.5. The van der Waals surface area contributed by atoms with E-state index in [-0.39, 0.29) is 5.69 Å². The van der Waals surface area contributed by atoms with E-state index in [4.69, 9.17) is 0 Å². The van der Waals surface area contributed by atoms with E-state index in [1.54, 1.807) is 6.07 Å². The molecule has 0 unspecified atom stereocenters. The highest BCUT2D eigenvalue weighted by Gasteiger charge is 2.36. The Morgan fingerprint density at radius 1 is 1.26 bits per heavy atom. The fourth-order valence-electron chi connectivity index (χ4n) is 1.63. The van der Waals surface area contributed by atoms with Crippen LogP contribution in [-0.2, 0) is 16.0 Å². The van der Waals surface area contributed by atoms with Crippen LogP contribution < -0.4 is 0 Å². The Kier molecular flexibility index (Phi) is 3.13. The molecule has 2 rings (SSSR count). The maximum atomic E-state index is 12.9. The molecule has 0 bridgehead atoms. The minimum atomic E-state index is -4.75. The lowest BCUT2D eigenvalue weighted by Crippen LogP contribution is -2.13. The second-order valence-electron chi connectivity index (χ2n) is 3.90. The van der Waals surface area contributed by atoms with Crippen LogP contribution in [0, 0.1) is 0 Å². The van der Waals surface area contributed by atoms with Crippen LogP contribution in [0.3, 0.4) is 0 Å². The van der Waals surface area contributed by atoms with E-state index < -0.39 is 26.5 Å². The summed E-state index contributed by atoms with van der Waals surface area (Å²) in [4.78, 5) is -0.740. The molecule has 1 heterocycles. The van der Waals surface area contributed by atoms with Gasteiger partial charge in [0.15, 0.2) is 9.84 Å². The SMILES string of the molecule is CS(=O)(=O)c1ccc(-n2cccn2)cc1C(F)(F)F. The Morgan fingerprint density at radius 3 is 2.42 bits per heavy atom. The summed E-state index contributed by atoms with van der Waals surface area (Å²) in [6.07, 6.45) is -1.12. The normalized spacial score (nSPS) is 12.6. The number of alkyl halides is 3. The summed E-state index contributed by atoms with van der Waals surface area (Å²) in [6.45, 7) is 0. The van der Waals surface area contributed by atoms with Gasteiger partial charge in [-0.3, -0.25) is 0 Å². The lowest BCUT2D eigenvalue weighted by molar-refractivity contribution is -0.139. The quantitative estimate of drug-likeness (QED) is 0.852. The minimum Gasteiger partial charge on any atom is -0.241 e. The van der Waals surface area contributed by atoms with Gasteiger partial charge in [0.1, 0.15) is 0 Å². The predicted molar refractivity (Wildman–Crippen MR) is 61.7 cm³/mol. The van der Waals surface area contributed by atoms with Crippen LogP contribution in [0.25, 0.3) is 5.69 Å². The molecule has 0 aliphatic carbocycles. The van der Waals surface area contributed by atoms with Gasteiger partial charge in [0.2, 0.25) is 0 Å². The zero-order valence-electron chi connectivity index (χ0n) is 9.72. The summed E-state index contributed by atoms with van der Waals surface area (Å²) < 4.78 is 62.7. The van der Waals surface area contributed by atoms with Crippen LogP contribution in [0.4, 0.5) is 13.2 Å². The Hall–Kier alpha value is -1.83. The van der Waals surface area contributed by atoms with Gasteiger partial charge in [-0.25, -0.2) is 13.1 Å². The lowest BCUT2D eigenvalue weighted by Gasteiger charge is -2.13. The number of rotatable bonds is 2. The van der Waals surface area contributed by atoms with Gasteiger partial charge < -0.3 is 0 Å². The fraction of sp³-hybridized carbons (Fsp3) is 0.182. The second kappa shape index (κ2) is 4.37. The van der Waals surface area contributed by atoms with Crippen molar-refractivity contribution in [2.75, 3.05) is 6.26 Å². The van der Waals surface area contributed by atoms with Crippen LogP contribution in [-0.4, -0.2) is 24.5 Å². The molecule has 0 fully saturated rings. The fourth-order valence-corrected chi connectivity index (χ4v) is 2.52. The summed E-state index contributed by atoms with van der Waals surface area (Å²) in [7, 11) is -3.95. The highest BCUT2D eigenvalue weighted by Crippen LogP contribution is 2.35. The Balaban J connectivity index is 2.68. The van der Waals surface area contributed by atoms with Gasteiger partial charge in [0, 0.05) is 18.6 Å². The van der Waals surface area contributed by atoms with Gasteiger partial charge in [0.25, 0.3) is 0 Å². The van der Waals surface area contributed by atoms with Crippen molar-refractivity contribution in [3.05, 3.63) is 42.2 Å².